The number of hydrogen-bond acceptors (Lipinski definition) is 4. The molecule has 0 atom stereocenters. The van der Waals surface area contributed by atoms with E-state index in [0.717, 1.165) is 36.4 Å². The molecule has 0 aliphatic carbocycles. The number of benzene rings is 1. The van der Waals surface area contributed by atoms with Gasteiger partial charge in [-0.1, -0.05) is 17.7 Å². The largest absolute Gasteiger partial charge is 0.385 e. The lowest BCUT2D eigenvalue weighted by Crippen LogP contribution is -2.17. The van der Waals surface area contributed by atoms with Gasteiger partial charge in [0, 0.05) is 24.1 Å². The van der Waals surface area contributed by atoms with Crippen LogP contribution in [0.4, 0.5) is 11.4 Å². The maximum Gasteiger partial charge on any atom is 0.274 e. The average Bonchev–Trinajstić information content (AvgIpc) is 2.54. The number of amides is 1. The van der Waals surface area contributed by atoms with E-state index in [4.69, 9.17) is 0 Å². The summed E-state index contributed by atoms with van der Waals surface area (Å²) in [6.45, 7) is 3.90. The van der Waals surface area contributed by atoms with Gasteiger partial charge in [-0.3, -0.25) is 9.78 Å². The minimum Gasteiger partial charge on any atom is -0.385 e. The number of anilines is 2. The number of rotatable bonds is 7. The quantitative estimate of drug-likeness (QED) is 0.772. The molecule has 1 aromatic heterocycles. The predicted molar refractivity (Wildman–Crippen MR) is 95.0 cm³/mol. The fourth-order valence-electron chi connectivity index (χ4n) is 2.12. The highest BCUT2D eigenvalue weighted by Gasteiger charge is 2.08. The van der Waals surface area contributed by atoms with Gasteiger partial charge < -0.3 is 15.5 Å². The molecule has 2 aromatic rings. The SMILES string of the molecule is Cc1ccc(NC(=O)c2cc(NCCCN(C)C)ccn2)cc1. The summed E-state index contributed by atoms with van der Waals surface area (Å²) in [5.74, 6) is -0.203. The van der Waals surface area contributed by atoms with E-state index in [0.29, 0.717) is 5.69 Å². The molecule has 0 saturated heterocycles. The van der Waals surface area contributed by atoms with E-state index in [2.05, 4.69) is 34.6 Å². The summed E-state index contributed by atoms with van der Waals surface area (Å²) in [7, 11) is 4.11. The maximum absolute atomic E-state index is 12.3. The number of nitrogens with one attached hydrogen (secondary N) is 2. The average molecular weight is 312 g/mol. The second kappa shape index (κ2) is 8.29. The molecule has 1 heterocycles. The molecule has 0 fully saturated rings. The molecule has 1 aromatic carbocycles. The molecule has 2 rings (SSSR count). The van der Waals surface area contributed by atoms with E-state index >= 15 is 0 Å². The second-order valence-electron chi connectivity index (χ2n) is 5.83. The molecule has 0 bridgehead atoms. The molecule has 5 heteroatoms. The van der Waals surface area contributed by atoms with E-state index in [-0.39, 0.29) is 5.91 Å². The Morgan fingerprint density at radius 3 is 2.57 bits per heavy atom. The van der Waals surface area contributed by atoms with Crippen LogP contribution in [0.2, 0.25) is 0 Å². The van der Waals surface area contributed by atoms with Crippen LogP contribution in [0.3, 0.4) is 0 Å². The number of pyridine rings is 1. The molecule has 122 valence electrons. The summed E-state index contributed by atoms with van der Waals surface area (Å²) < 4.78 is 0. The Morgan fingerprint density at radius 1 is 1.13 bits per heavy atom. The zero-order valence-electron chi connectivity index (χ0n) is 14.0. The van der Waals surface area contributed by atoms with Crippen molar-refractivity contribution in [1.82, 2.24) is 9.88 Å². The fraction of sp³-hybridized carbons (Fsp3) is 0.333. The van der Waals surface area contributed by atoms with Crippen molar-refractivity contribution in [3.05, 3.63) is 53.9 Å². The highest BCUT2D eigenvalue weighted by Crippen LogP contribution is 2.12. The summed E-state index contributed by atoms with van der Waals surface area (Å²) in [5, 5.41) is 6.18. The third kappa shape index (κ3) is 5.71. The van der Waals surface area contributed by atoms with E-state index in [9.17, 15) is 4.79 Å². The third-order valence-corrected chi connectivity index (χ3v) is 3.41. The first-order chi connectivity index (χ1) is 11.0. The van der Waals surface area contributed by atoms with Gasteiger partial charge in [-0.2, -0.15) is 0 Å². The lowest BCUT2D eigenvalue weighted by Gasteiger charge is -2.11. The van der Waals surface area contributed by atoms with Gasteiger partial charge in [0.15, 0.2) is 0 Å². The van der Waals surface area contributed by atoms with E-state index in [1.54, 1.807) is 12.3 Å². The van der Waals surface area contributed by atoms with Gasteiger partial charge >= 0.3 is 0 Å². The highest BCUT2D eigenvalue weighted by molar-refractivity contribution is 6.03. The Bertz CT molecular complexity index is 638. The van der Waals surface area contributed by atoms with E-state index in [1.807, 2.05) is 37.3 Å². The fourth-order valence-corrected chi connectivity index (χ4v) is 2.12. The molecule has 2 N–H and O–H groups in total. The first-order valence-corrected chi connectivity index (χ1v) is 7.77. The normalized spacial score (nSPS) is 10.6. The number of aryl methyl sites for hydroxylation is 1. The first-order valence-electron chi connectivity index (χ1n) is 7.77. The summed E-state index contributed by atoms with van der Waals surface area (Å²) in [6, 6.07) is 11.3. The van der Waals surface area contributed by atoms with Gasteiger partial charge in [-0.05, 0) is 58.3 Å². The minimum absolute atomic E-state index is 0.203. The van der Waals surface area contributed by atoms with Gasteiger partial charge in [0.05, 0.1) is 0 Å². The number of nitrogens with zero attached hydrogens (tertiary/aromatic N) is 2. The molecule has 0 radical (unpaired) electrons. The van der Waals surface area contributed by atoms with Gasteiger partial charge in [-0.15, -0.1) is 0 Å². The summed E-state index contributed by atoms with van der Waals surface area (Å²) in [5.41, 5.74) is 3.24. The van der Waals surface area contributed by atoms with Gasteiger partial charge in [0.1, 0.15) is 5.69 Å². The Balaban J connectivity index is 1.92. The minimum atomic E-state index is -0.203. The van der Waals surface area contributed by atoms with Crippen molar-refractivity contribution in [2.24, 2.45) is 0 Å². The van der Waals surface area contributed by atoms with E-state index < -0.39 is 0 Å². The Hall–Kier alpha value is -2.40. The van der Waals surface area contributed by atoms with Crippen molar-refractivity contribution < 1.29 is 4.79 Å². The lowest BCUT2D eigenvalue weighted by atomic mass is 10.2. The van der Waals surface area contributed by atoms with Crippen molar-refractivity contribution in [1.29, 1.82) is 0 Å². The molecular formula is C18H24N4O. The molecule has 0 aliphatic heterocycles. The topological polar surface area (TPSA) is 57.3 Å². The standard InChI is InChI=1S/C18H24N4O/c1-14-5-7-15(8-6-14)21-18(23)17-13-16(9-11-20-17)19-10-4-12-22(2)3/h5-9,11,13H,4,10,12H2,1-3H3,(H,19,20)(H,21,23). The van der Waals surface area contributed by atoms with Gasteiger partial charge in [0.25, 0.3) is 5.91 Å². The van der Waals surface area contributed by atoms with Crippen LogP contribution in [0, 0.1) is 6.92 Å². The van der Waals surface area contributed by atoms with Crippen molar-refractivity contribution in [3.63, 3.8) is 0 Å². The van der Waals surface area contributed by atoms with E-state index in [1.165, 1.54) is 0 Å². The lowest BCUT2D eigenvalue weighted by molar-refractivity contribution is 0.102. The molecule has 5 nitrogen and oxygen atoms in total. The Kier molecular flexibility index (Phi) is 6.11. The van der Waals surface area contributed by atoms with Gasteiger partial charge in [-0.25, -0.2) is 0 Å². The Labute approximate surface area is 137 Å². The van der Waals surface area contributed by atoms with Crippen LogP contribution in [-0.4, -0.2) is 43.0 Å². The van der Waals surface area contributed by atoms with Crippen LogP contribution < -0.4 is 10.6 Å². The molecule has 1 amide bonds. The molecule has 0 aliphatic rings. The molecule has 0 saturated carbocycles. The van der Waals surface area contributed by atoms with Crippen molar-refractivity contribution in [2.45, 2.75) is 13.3 Å². The number of hydrogen-bond donors (Lipinski definition) is 2. The third-order valence-electron chi connectivity index (χ3n) is 3.41. The maximum atomic E-state index is 12.3. The van der Waals surface area contributed by atoms with Crippen molar-refractivity contribution >= 4 is 17.3 Å². The Morgan fingerprint density at radius 2 is 1.87 bits per heavy atom. The highest BCUT2D eigenvalue weighted by atomic mass is 16.1. The van der Waals surface area contributed by atoms with Crippen molar-refractivity contribution in [2.75, 3.05) is 37.8 Å². The molecule has 0 spiro atoms. The first kappa shape index (κ1) is 17.0. The van der Waals surface area contributed by atoms with Crippen LogP contribution in [0.1, 0.15) is 22.5 Å². The van der Waals surface area contributed by atoms with Gasteiger partial charge in [0.2, 0.25) is 0 Å². The van der Waals surface area contributed by atoms with Crippen LogP contribution in [-0.2, 0) is 0 Å². The van der Waals surface area contributed by atoms with Crippen LogP contribution in [0.25, 0.3) is 0 Å². The number of aromatic nitrogens is 1. The van der Waals surface area contributed by atoms with Crippen molar-refractivity contribution in [3.8, 4) is 0 Å². The summed E-state index contributed by atoms with van der Waals surface area (Å²) >= 11 is 0. The smallest absolute Gasteiger partial charge is 0.274 e. The number of carbonyl (C=O) groups excluding carboxylic acids is 1. The van der Waals surface area contributed by atoms with Crippen LogP contribution in [0.5, 0.6) is 0 Å². The molecular weight excluding hydrogens is 288 g/mol. The second-order valence-corrected chi connectivity index (χ2v) is 5.83. The predicted octanol–water partition coefficient (Wildman–Crippen LogP) is 3.01. The molecule has 0 unspecified atom stereocenters. The summed E-state index contributed by atoms with van der Waals surface area (Å²) in [4.78, 5) is 18.6. The number of carbonyl (C=O) groups is 1. The van der Waals surface area contributed by atoms with Crippen LogP contribution >= 0.6 is 0 Å². The molecule has 23 heavy (non-hydrogen) atoms. The summed E-state index contributed by atoms with van der Waals surface area (Å²) in [6.07, 6.45) is 2.69. The monoisotopic (exact) mass is 312 g/mol. The zero-order chi connectivity index (χ0) is 16.7. The zero-order valence-corrected chi connectivity index (χ0v) is 14.0. The van der Waals surface area contributed by atoms with Crippen LogP contribution in [0.15, 0.2) is 42.6 Å².